The molecule has 0 amide bonds. The first-order valence-corrected chi connectivity index (χ1v) is 10.3. The molecule has 1 saturated heterocycles. The molecule has 1 heterocycles. The number of hydrogen-bond donors (Lipinski definition) is 3. The molecule has 0 aromatic heterocycles. The Balaban J connectivity index is 1.63. The van der Waals surface area contributed by atoms with Crippen LogP contribution in [-0.2, 0) is 17.7 Å². The average molecular weight is 392 g/mol. The highest BCUT2D eigenvalue weighted by molar-refractivity contribution is 5.68. The van der Waals surface area contributed by atoms with E-state index in [1.54, 1.807) is 0 Å². The Kier molecular flexibility index (Phi) is 6.26. The minimum Gasteiger partial charge on any atom is -0.394 e. The first kappa shape index (κ1) is 20.0. The number of aliphatic hydroxyl groups excluding tert-OH is 2. The molecule has 0 bridgehead atoms. The first-order chi connectivity index (χ1) is 14.2. The summed E-state index contributed by atoms with van der Waals surface area (Å²) in [5, 5.41) is 23.0. The van der Waals surface area contributed by atoms with Gasteiger partial charge in [0.1, 0.15) is 0 Å². The van der Waals surface area contributed by atoms with Crippen molar-refractivity contribution in [1.82, 2.24) is 5.32 Å². The van der Waals surface area contributed by atoms with E-state index < -0.39 is 6.10 Å². The zero-order valence-electron chi connectivity index (χ0n) is 16.8. The van der Waals surface area contributed by atoms with Crippen molar-refractivity contribution in [1.29, 1.82) is 0 Å². The van der Waals surface area contributed by atoms with E-state index in [1.165, 1.54) is 27.8 Å². The van der Waals surface area contributed by atoms with Crippen molar-refractivity contribution in [3.63, 3.8) is 0 Å². The van der Waals surface area contributed by atoms with Gasteiger partial charge in [-0.05, 0) is 46.8 Å². The molecule has 0 saturated carbocycles. The van der Waals surface area contributed by atoms with Crippen LogP contribution in [0.1, 0.15) is 41.2 Å². The Labute approximate surface area is 172 Å². The third-order valence-corrected chi connectivity index (χ3v) is 5.70. The monoisotopic (exact) mass is 391 g/mol. The second-order valence-corrected chi connectivity index (χ2v) is 7.98. The van der Waals surface area contributed by atoms with Crippen molar-refractivity contribution in [2.75, 3.05) is 13.7 Å². The number of ether oxygens (including phenoxy) is 1. The topological polar surface area (TPSA) is 61.7 Å². The Morgan fingerprint density at radius 2 is 1.72 bits per heavy atom. The summed E-state index contributed by atoms with van der Waals surface area (Å²) in [5.74, 6) is 0. The molecule has 3 atom stereocenters. The maximum absolute atomic E-state index is 10.3. The van der Waals surface area contributed by atoms with Gasteiger partial charge in [-0.25, -0.2) is 0 Å². The molecule has 1 fully saturated rings. The van der Waals surface area contributed by atoms with Gasteiger partial charge in [0, 0.05) is 19.4 Å². The van der Waals surface area contributed by atoms with Crippen LogP contribution in [0.25, 0.3) is 11.1 Å². The summed E-state index contributed by atoms with van der Waals surface area (Å²) in [6.07, 6.45) is 0.953. The molecule has 1 aromatic carbocycles. The van der Waals surface area contributed by atoms with E-state index in [2.05, 4.69) is 59.9 Å². The summed E-state index contributed by atoms with van der Waals surface area (Å²) in [5.41, 5.74) is 7.30. The molecule has 29 heavy (non-hydrogen) atoms. The van der Waals surface area contributed by atoms with Gasteiger partial charge in [0.15, 0.2) is 0 Å². The largest absolute Gasteiger partial charge is 0.394 e. The van der Waals surface area contributed by atoms with Gasteiger partial charge in [-0.2, -0.15) is 0 Å². The molecule has 1 aromatic rings. The van der Waals surface area contributed by atoms with E-state index in [0.717, 1.165) is 18.5 Å². The quantitative estimate of drug-likeness (QED) is 0.600. The van der Waals surface area contributed by atoms with Crippen molar-refractivity contribution in [3.8, 4) is 11.1 Å². The second-order valence-electron chi connectivity index (χ2n) is 7.98. The lowest BCUT2D eigenvalue weighted by molar-refractivity contribution is -0.114. The van der Waals surface area contributed by atoms with Crippen LogP contribution in [-0.4, -0.2) is 36.1 Å². The Morgan fingerprint density at radius 1 is 0.966 bits per heavy atom. The van der Waals surface area contributed by atoms with E-state index in [9.17, 15) is 10.2 Å². The fourth-order valence-corrected chi connectivity index (χ4v) is 4.33. The maximum Gasteiger partial charge on any atom is 0.0857 e. The molecular formula is C25H29NO3. The van der Waals surface area contributed by atoms with Crippen molar-refractivity contribution < 1.29 is 14.9 Å². The van der Waals surface area contributed by atoms with Crippen LogP contribution < -0.4 is 5.32 Å². The van der Waals surface area contributed by atoms with Crippen molar-refractivity contribution in [3.05, 3.63) is 82.9 Å². The number of hydrogen-bond acceptors (Lipinski definition) is 4. The van der Waals surface area contributed by atoms with Crippen molar-refractivity contribution >= 4 is 0 Å². The van der Waals surface area contributed by atoms with Crippen LogP contribution in [0.5, 0.6) is 0 Å². The van der Waals surface area contributed by atoms with Crippen molar-refractivity contribution in [2.24, 2.45) is 0 Å². The molecule has 3 aliphatic rings. The van der Waals surface area contributed by atoms with E-state index in [-0.39, 0.29) is 18.8 Å². The minimum absolute atomic E-state index is 0.0633. The zero-order valence-corrected chi connectivity index (χ0v) is 16.8. The van der Waals surface area contributed by atoms with Crippen LogP contribution in [0.3, 0.4) is 0 Å². The molecule has 0 radical (unpaired) electrons. The fraction of sp³-hybridized carbons (Fsp3) is 0.360. The van der Waals surface area contributed by atoms with Crippen LogP contribution in [0.2, 0.25) is 0 Å². The summed E-state index contributed by atoms with van der Waals surface area (Å²) >= 11 is 0. The Bertz CT molecular complexity index is 895. The molecular weight excluding hydrogens is 362 g/mol. The van der Waals surface area contributed by atoms with Gasteiger partial charge >= 0.3 is 0 Å². The Morgan fingerprint density at radius 3 is 2.41 bits per heavy atom. The molecule has 4 rings (SSSR count). The molecule has 1 aliphatic heterocycles. The number of aliphatic hydroxyl groups is 2. The molecule has 3 N–H and O–H groups in total. The van der Waals surface area contributed by atoms with E-state index >= 15 is 0 Å². The highest BCUT2D eigenvalue weighted by atomic mass is 16.5. The second kappa shape index (κ2) is 9.06. The smallest absolute Gasteiger partial charge is 0.0857 e. The lowest BCUT2D eigenvalue weighted by Crippen LogP contribution is -2.34. The van der Waals surface area contributed by atoms with E-state index in [4.69, 9.17) is 4.74 Å². The number of rotatable bonds is 6. The molecule has 152 valence electrons. The third kappa shape index (κ3) is 4.68. The maximum atomic E-state index is 10.3. The molecule has 0 spiro atoms. The fourth-order valence-electron chi connectivity index (χ4n) is 4.33. The lowest BCUT2D eigenvalue weighted by Gasteiger charge is -2.33. The average Bonchev–Trinajstić information content (AvgIpc) is 2.96. The predicted octanol–water partition coefficient (Wildman–Crippen LogP) is 3.67. The molecule has 4 nitrogen and oxygen atoms in total. The summed E-state index contributed by atoms with van der Waals surface area (Å²) in [7, 11) is 1.93. The lowest BCUT2D eigenvalue weighted by atomic mass is 9.91. The van der Waals surface area contributed by atoms with Gasteiger partial charge in [0.25, 0.3) is 0 Å². The normalized spacial score (nSPS) is 22.1. The number of nitrogens with one attached hydrogen (secondary N) is 1. The molecule has 2 aliphatic carbocycles. The van der Waals surface area contributed by atoms with Gasteiger partial charge in [0.2, 0.25) is 0 Å². The summed E-state index contributed by atoms with van der Waals surface area (Å²) in [6.45, 7) is 0.679. The van der Waals surface area contributed by atoms with E-state index in [0.29, 0.717) is 12.8 Å². The van der Waals surface area contributed by atoms with Gasteiger partial charge in [-0.3, -0.25) is 0 Å². The van der Waals surface area contributed by atoms with Gasteiger partial charge in [0.05, 0.1) is 24.9 Å². The highest BCUT2D eigenvalue weighted by Crippen LogP contribution is 2.35. The summed E-state index contributed by atoms with van der Waals surface area (Å²) in [6, 6.07) is 21.5. The van der Waals surface area contributed by atoms with Crippen LogP contribution in [0.15, 0.2) is 60.7 Å². The third-order valence-electron chi connectivity index (χ3n) is 5.70. The summed E-state index contributed by atoms with van der Waals surface area (Å²) < 4.78 is 6.10. The van der Waals surface area contributed by atoms with Crippen LogP contribution in [0.4, 0.5) is 0 Å². The Hall–Kier alpha value is -2.24. The van der Waals surface area contributed by atoms with Gasteiger partial charge in [-0.15, -0.1) is 0 Å². The molecule has 3 unspecified atom stereocenters. The number of benzene rings is 1. The standard InChI is InChI=1S/C25H29NO3/c1-26-15-21-8-7-17(9-18-10-19-5-3-2-4-6-20(19)11-18)12-24(21)25-14-22(28)13-23(16-27)29-25/h2-8,10-12,22-23,25-28H,9,13-16H2,1H3. The van der Waals surface area contributed by atoms with E-state index in [1.807, 2.05) is 13.1 Å². The highest BCUT2D eigenvalue weighted by Gasteiger charge is 2.30. The minimum atomic E-state index is -0.446. The van der Waals surface area contributed by atoms with Gasteiger partial charge in [-0.1, -0.05) is 60.7 Å². The first-order valence-electron chi connectivity index (χ1n) is 10.3. The summed E-state index contributed by atoms with van der Waals surface area (Å²) in [4.78, 5) is 0. The molecule has 4 heteroatoms. The van der Waals surface area contributed by atoms with Crippen LogP contribution in [0, 0.1) is 0 Å². The van der Waals surface area contributed by atoms with Gasteiger partial charge < -0.3 is 20.3 Å². The zero-order chi connectivity index (χ0) is 20.2. The number of fused-ring (bicyclic) bond motifs is 1. The predicted molar refractivity (Wildman–Crippen MR) is 115 cm³/mol. The SMILES string of the molecule is CNCc1ccc(Cc2cc3cccccc-3c2)cc1C1CC(O)CC(CO)O1. The van der Waals surface area contributed by atoms with Crippen LogP contribution >= 0.6 is 0 Å². The van der Waals surface area contributed by atoms with Crippen molar-refractivity contribution in [2.45, 2.75) is 44.1 Å².